The molecule has 2 aromatic rings. The summed E-state index contributed by atoms with van der Waals surface area (Å²) < 4.78 is 72.0. The molecule has 2 aromatic carbocycles. The lowest BCUT2D eigenvalue weighted by atomic mass is 9.88. The van der Waals surface area contributed by atoms with Crippen LogP contribution in [0.5, 0.6) is 5.75 Å². The van der Waals surface area contributed by atoms with Crippen LogP contribution in [-0.4, -0.2) is 67.5 Å². The number of hydrogen-bond acceptors (Lipinski definition) is 6. The van der Waals surface area contributed by atoms with Crippen LogP contribution in [-0.2, 0) is 14.9 Å². The van der Waals surface area contributed by atoms with Gasteiger partial charge in [-0.2, -0.15) is 21.6 Å². The highest BCUT2D eigenvalue weighted by Gasteiger charge is 2.48. The lowest BCUT2D eigenvalue weighted by Gasteiger charge is -2.32. The highest BCUT2D eigenvalue weighted by Crippen LogP contribution is 2.35. The first kappa shape index (κ1) is 32.0. The number of rotatable bonds is 7. The largest absolute Gasteiger partial charge is 0.534 e. The molecule has 12 heteroatoms. The first-order valence-corrected chi connectivity index (χ1v) is 14.7. The molecule has 1 saturated heterocycles. The van der Waals surface area contributed by atoms with Crippen LogP contribution in [0, 0.1) is 0 Å². The fourth-order valence-corrected chi connectivity index (χ4v) is 4.91. The van der Waals surface area contributed by atoms with E-state index in [2.05, 4.69) is 4.18 Å². The summed E-state index contributed by atoms with van der Waals surface area (Å²) >= 11 is 0. The lowest BCUT2D eigenvalue weighted by Crippen LogP contribution is -2.40. The first-order chi connectivity index (χ1) is 19.1. The molecule has 1 aliphatic rings. The first-order valence-electron chi connectivity index (χ1n) is 13.3. The van der Waals surface area contributed by atoms with Crippen molar-refractivity contribution in [2.75, 3.05) is 26.2 Å². The number of amides is 2. The van der Waals surface area contributed by atoms with Gasteiger partial charge in [-0.25, -0.2) is 4.79 Å². The number of carbonyl (C=O) groups excluding carboxylic acids is 2. The molecule has 224 valence electrons. The maximum absolute atomic E-state index is 13.0. The van der Waals surface area contributed by atoms with Crippen molar-refractivity contribution < 1.29 is 40.1 Å². The van der Waals surface area contributed by atoms with Gasteiger partial charge in [-0.05, 0) is 88.4 Å². The molecule has 0 unspecified atom stereocenters. The third-order valence-electron chi connectivity index (χ3n) is 6.46. The SMILES string of the molecule is CCN(CC)C(=O)c1ccc(C(=C2CCN(C(=O)OC(C)(C)C)CC2)c2cccc(OS(=O)(=O)C(F)(F)F)c2)cc1. The summed E-state index contributed by atoms with van der Waals surface area (Å²) in [5.74, 6) is -0.619. The van der Waals surface area contributed by atoms with Crippen LogP contribution in [0.2, 0.25) is 0 Å². The minimum Gasteiger partial charge on any atom is -0.444 e. The van der Waals surface area contributed by atoms with Gasteiger partial charge in [-0.3, -0.25) is 4.79 Å². The Morgan fingerprint density at radius 3 is 1.98 bits per heavy atom. The summed E-state index contributed by atoms with van der Waals surface area (Å²) in [5.41, 5.74) is -3.07. The molecule has 0 saturated carbocycles. The molecule has 0 bridgehead atoms. The van der Waals surface area contributed by atoms with Crippen molar-refractivity contribution in [3.63, 3.8) is 0 Å². The van der Waals surface area contributed by atoms with E-state index in [0.717, 1.165) is 11.6 Å². The predicted octanol–water partition coefficient (Wildman–Crippen LogP) is 6.23. The van der Waals surface area contributed by atoms with E-state index in [1.165, 1.54) is 12.1 Å². The van der Waals surface area contributed by atoms with Crippen LogP contribution in [0.4, 0.5) is 18.0 Å². The van der Waals surface area contributed by atoms with Crippen LogP contribution >= 0.6 is 0 Å². The van der Waals surface area contributed by atoms with Gasteiger partial charge >= 0.3 is 21.7 Å². The van der Waals surface area contributed by atoms with Gasteiger partial charge in [0.15, 0.2) is 0 Å². The third kappa shape index (κ3) is 8.02. The monoisotopic (exact) mass is 596 g/mol. The Kier molecular flexibility index (Phi) is 9.78. The summed E-state index contributed by atoms with van der Waals surface area (Å²) in [6.45, 7) is 10.9. The summed E-state index contributed by atoms with van der Waals surface area (Å²) in [7, 11) is -5.86. The van der Waals surface area contributed by atoms with Crippen molar-refractivity contribution in [3.05, 3.63) is 70.8 Å². The van der Waals surface area contributed by atoms with Gasteiger partial charge in [-0.1, -0.05) is 29.8 Å². The van der Waals surface area contributed by atoms with E-state index in [9.17, 15) is 31.2 Å². The minimum atomic E-state index is -5.86. The molecule has 0 aromatic heterocycles. The zero-order valence-electron chi connectivity index (χ0n) is 23.7. The molecule has 0 spiro atoms. The second-order valence-corrected chi connectivity index (χ2v) is 12.0. The summed E-state index contributed by atoms with van der Waals surface area (Å²) in [4.78, 5) is 28.7. The molecule has 1 heterocycles. The molecular formula is C29H35F3N2O6S. The zero-order valence-corrected chi connectivity index (χ0v) is 24.6. The van der Waals surface area contributed by atoms with E-state index in [1.54, 1.807) is 60.9 Å². The summed E-state index contributed by atoms with van der Waals surface area (Å²) in [6.07, 6.45) is 0.450. The summed E-state index contributed by atoms with van der Waals surface area (Å²) in [6, 6.07) is 12.3. The quantitative estimate of drug-likeness (QED) is 0.278. The van der Waals surface area contributed by atoms with Crippen LogP contribution in [0.25, 0.3) is 5.57 Å². The Bertz CT molecular complexity index is 1380. The standard InChI is InChI=1S/C29H35F3N2O6S/c1-6-33(7-2)26(35)22-13-11-20(12-14-22)25(21-15-17-34(18-16-21)27(36)39-28(3,4)5)23-9-8-10-24(19-23)40-41(37,38)29(30,31)32/h8-14,19H,6-7,15-18H2,1-5H3. The molecule has 8 nitrogen and oxygen atoms in total. The van der Waals surface area contributed by atoms with Gasteiger partial charge in [0.1, 0.15) is 11.4 Å². The van der Waals surface area contributed by atoms with Gasteiger partial charge in [0.05, 0.1) is 0 Å². The van der Waals surface area contributed by atoms with Crippen molar-refractivity contribution in [2.24, 2.45) is 0 Å². The van der Waals surface area contributed by atoms with E-state index in [4.69, 9.17) is 4.74 Å². The normalized spacial score (nSPS) is 14.4. The van der Waals surface area contributed by atoms with Crippen molar-refractivity contribution in [2.45, 2.75) is 58.6 Å². The number of halogens is 3. The number of benzene rings is 2. The van der Waals surface area contributed by atoms with E-state index in [-0.39, 0.29) is 5.91 Å². The molecule has 3 rings (SSSR count). The number of hydrogen-bond donors (Lipinski definition) is 0. The Balaban J connectivity index is 2.02. The highest BCUT2D eigenvalue weighted by atomic mass is 32.2. The van der Waals surface area contributed by atoms with Gasteiger partial charge in [0.2, 0.25) is 0 Å². The van der Waals surface area contributed by atoms with Gasteiger partial charge < -0.3 is 18.7 Å². The summed E-state index contributed by atoms with van der Waals surface area (Å²) in [5, 5.41) is 0. The molecule has 0 atom stereocenters. The Morgan fingerprint density at radius 2 is 1.46 bits per heavy atom. The van der Waals surface area contributed by atoms with Crippen molar-refractivity contribution >= 4 is 27.7 Å². The molecular weight excluding hydrogens is 561 g/mol. The zero-order chi connectivity index (χ0) is 30.6. The fraction of sp³-hybridized carbons (Fsp3) is 0.448. The third-order valence-corrected chi connectivity index (χ3v) is 7.43. The number of carbonyl (C=O) groups is 2. The number of alkyl halides is 3. The predicted molar refractivity (Wildman–Crippen MR) is 149 cm³/mol. The number of likely N-dealkylation sites (tertiary alicyclic amines) is 1. The Labute approximate surface area is 238 Å². The second kappa shape index (κ2) is 12.5. The lowest BCUT2D eigenvalue weighted by molar-refractivity contribution is -0.0500. The number of nitrogens with zero attached hydrogens (tertiary/aromatic N) is 2. The molecule has 2 amide bonds. The molecule has 1 aliphatic heterocycles. The molecule has 41 heavy (non-hydrogen) atoms. The van der Waals surface area contributed by atoms with Gasteiger partial charge in [-0.15, -0.1) is 0 Å². The molecule has 0 N–H and O–H groups in total. The topological polar surface area (TPSA) is 93.2 Å². The van der Waals surface area contributed by atoms with Crippen LogP contribution < -0.4 is 4.18 Å². The van der Waals surface area contributed by atoms with Gasteiger partial charge in [0, 0.05) is 31.7 Å². The fourth-order valence-electron chi connectivity index (χ4n) is 4.46. The smallest absolute Gasteiger partial charge is 0.444 e. The van der Waals surface area contributed by atoms with E-state index in [0.29, 0.717) is 61.3 Å². The van der Waals surface area contributed by atoms with Crippen molar-refractivity contribution in [1.82, 2.24) is 9.80 Å². The van der Waals surface area contributed by atoms with Gasteiger partial charge in [0.25, 0.3) is 5.91 Å². The second-order valence-electron chi connectivity index (χ2n) is 10.5. The average molecular weight is 597 g/mol. The number of piperidine rings is 1. The highest BCUT2D eigenvalue weighted by molar-refractivity contribution is 7.88. The maximum Gasteiger partial charge on any atom is 0.534 e. The Hall–Kier alpha value is -3.54. The van der Waals surface area contributed by atoms with Crippen LogP contribution in [0.3, 0.4) is 0 Å². The molecule has 0 radical (unpaired) electrons. The van der Waals surface area contributed by atoms with Crippen molar-refractivity contribution in [3.8, 4) is 5.75 Å². The van der Waals surface area contributed by atoms with E-state index < -0.39 is 33.1 Å². The maximum atomic E-state index is 13.0. The van der Waals surface area contributed by atoms with E-state index in [1.807, 2.05) is 13.8 Å². The van der Waals surface area contributed by atoms with E-state index >= 15 is 0 Å². The molecule has 1 fully saturated rings. The Morgan fingerprint density at radius 1 is 0.902 bits per heavy atom. The number of ether oxygens (including phenoxy) is 1. The molecule has 0 aliphatic carbocycles. The van der Waals surface area contributed by atoms with Crippen LogP contribution in [0.1, 0.15) is 68.9 Å². The van der Waals surface area contributed by atoms with Crippen LogP contribution in [0.15, 0.2) is 54.1 Å². The van der Waals surface area contributed by atoms with Crippen molar-refractivity contribution in [1.29, 1.82) is 0 Å². The minimum absolute atomic E-state index is 0.130. The average Bonchev–Trinajstić information content (AvgIpc) is 2.88.